The number of hydrogen-bond acceptors (Lipinski definition) is 11. The zero-order valence-electron chi connectivity index (χ0n) is 28.5. The number of fused-ring (bicyclic) bond motifs is 2. The van der Waals surface area contributed by atoms with Crippen molar-refractivity contribution >= 4 is 67.9 Å². The average molecular weight is 776 g/mol. The molecule has 1 N–H and O–H groups in total. The molecule has 2 heterocycles. The van der Waals surface area contributed by atoms with Crippen LogP contribution in [0.2, 0.25) is 10.0 Å². The maximum absolute atomic E-state index is 13.8. The number of hydrogen-bond donors (Lipinski definition) is 1. The van der Waals surface area contributed by atoms with E-state index in [-0.39, 0.29) is 52.6 Å². The predicted molar refractivity (Wildman–Crippen MR) is 190 cm³/mol. The first-order valence-electron chi connectivity index (χ1n) is 16.2. The molecule has 276 valence electrons. The summed E-state index contributed by atoms with van der Waals surface area (Å²) < 4.78 is 50.2. The Morgan fingerprint density at radius 2 is 1.81 bits per heavy atom. The Morgan fingerprint density at radius 1 is 1.02 bits per heavy atom. The molecule has 0 saturated heterocycles. The maximum atomic E-state index is 13.8. The lowest BCUT2D eigenvalue weighted by Gasteiger charge is -2.30. The smallest absolute Gasteiger partial charge is 0.464 e. The van der Waals surface area contributed by atoms with E-state index in [1.165, 1.54) is 25.1 Å². The number of nitrogens with zero attached hydrogens (tertiary/aromatic N) is 1. The third kappa shape index (κ3) is 9.42. The van der Waals surface area contributed by atoms with Gasteiger partial charge in [0, 0.05) is 50.2 Å². The van der Waals surface area contributed by atoms with Crippen molar-refractivity contribution in [1.29, 1.82) is 0 Å². The Bertz CT molecular complexity index is 2100. The molecule has 0 aliphatic carbocycles. The number of halogens is 2. The zero-order valence-corrected chi connectivity index (χ0v) is 30.8. The lowest BCUT2D eigenvalue weighted by Crippen LogP contribution is -2.45. The van der Waals surface area contributed by atoms with E-state index in [9.17, 15) is 27.6 Å². The first-order chi connectivity index (χ1) is 24.7. The molecule has 0 saturated carbocycles. The zero-order chi connectivity index (χ0) is 37.6. The van der Waals surface area contributed by atoms with Crippen molar-refractivity contribution < 1.29 is 51.0 Å². The monoisotopic (exact) mass is 774 g/mol. The molecule has 1 aliphatic rings. The van der Waals surface area contributed by atoms with Crippen molar-refractivity contribution in [3.63, 3.8) is 0 Å². The summed E-state index contributed by atoms with van der Waals surface area (Å²) in [6.45, 7) is 4.05. The summed E-state index contributed by atoms with van der Waals surface area (Å²) in [5.74, 6) is -2.02. The van der Waals surface area contributed by atoms with Crippen LogP contribution in [0, 0.1) is 0 Å². The molecule has 5 rings (SSSR count). The Morgan fingerprint density at radius 3 is 2.56 bits per heavy atom. The highest BCUT2D eigenvalue weighted by molar-refractivity contribution is 7.90. The van der Waals surface area contributed by atoms with Crippen LogP contribution in [0.1, 0.15) is 51.3 Å². The van der Waals surface area contributed by atoms with Crippen LogP contribution < -0.4 is 5.32 Å². The summed E-state index contributed by atoms with van der Waals surface area (Å²) in [5, 5.41) is 3.51. The Labute approximate surface area is 309 Å². The van der Waals surface area contributed by atoms with Gasteiger partial charge < -0.3 is 33.6 Å². The number of nitrogens with one attached hydrogen (secondary N) is 1. The fraction of sp³-hybridized carbons (Fsp3) is 0.333. The second-order valence-corrected chi connectivity index (χ2v) is 14.7. The summed E-state index contributed by atoms with van der Waals surface area (Å²) in [4.78, 5) is 54.3. The number of sulfone groups is 1. The maximum Gasteiger partial charge on any atom is 0.511 e. The first-order valence-corrected chi connectivity index (χ1v) is 18.9. The lowest BCUT2D eigenvalue weighted by atomic mass is 9.95. The molecule has 1 unspecified atom stereocenters. The average Bonchev–Trinajstić information content (AvgIpc) is 3.57. The van der Waals surface area contributed by atoms with E-state index in [0.717, 1.165) is 11.6 Å². The van der Waals surface area contributed by atoms with Gasteiger partial charge in [-0.1, -0.05) is 41.4 Å². The van der Waals surface area contributed by atoms with E-state index in [1.807, 2.05) is 0 Å². The van der Waals surface area contributed by atoms with Gasteiger partial charge in [-0.3, -0.25) is 9.59 Å². The van der Waals surface area contributed by atoms with E-state index in [2.05, 4.69) is 5.32 Å². The van der Waals surface area contributed by atoms with Crippen LogP contribution in [-0.2, 0) is 53.0 Å². The van der Waals surface area contributed by atoms with Gasteiger partial charge in [-0.15, -0.1) is 0 Å². The molecular weight excluding hydrogens is 739 g/mol. The number of benzene rings is 3. The molecule has 13 nitrogen and oxygen atoms in total. The summed E-state index contributed by atoms with van der Waals surface area (Å²) >= 11 is 13.4. The van der Waals surface area contributed by atoms with Crippen LogP contribution in [0.5, 0.6) is 0 Å². The third-order valence-electron chi connectivity index (χ3n) is 8.17. The van der Waals surface area contributed by atoms with Gasteiger partial charge in [0.05, 0.1) is 33.4 Å². The SMILES string of the molecule is CCOCCOC(=O)OC(C)OC(=O)[C@H](Cc1cccc(S(C)(=O)=O)c1)NC(=O)c1c(Cl)cc2c(c1Cl)CCN(C(=O)c1ccc3ccoc3c1)C2. The number of rotatable bonds is 13. The molecule has 16 heteroatoms. The number of carbonyl (C=O) groups excluding carboxylic acids is 4. The normalized spacial score (nSPS) is 13.9. The number of ether oxygens (including phenoxy) is 4. The van der Waals surface area contributed by atoms with E-state index in [4.69, 9.17) is 46.6 Å². The lowest BCUT2D eigenvalue weighted by molar-refractivity contribution is -0.170. The molecule has 4 aromatic rings. The van der Waals surface area contributed by atoms with Gasteiger partial charge in [0.2, 0.25) is 6.29 Å². The van der Waals surface area contributed by atoms with Gasteiger partial charge in [0.25, 0.3) is 11.8 Å². The highest BCUT2D eigenvalue weighted by atomic mass is 35.5. The van der Waals surface area contributed by atoms with Crippen LogP contribution in [0.25, 0.3) is 11.0 Å². The summed E-state index contributed by atoms with van der Waals surface area (Å²) in [6, 6.07) is 13.0. The van der Waals surface area contributed by atoms with Crippen molar-refractivity contribution in [2.24, 2.45) is 0 Å². The fourth-order valence-corrected chi connectivity index (χ4v) is 7.09. The second-order valence-electron chi connectivity index (χ2n) is 11.9. The molecule has 1 aliphatic heterocycles. The van der Waals surface area contributed by atoms with Crippen LogP contribution in [0.3, 0.4) is 0 Å². The van der Waals surface area contributed by atoms with Gasteiger partial charge in [-0.25, -0.2) is 18.0 Å². The van der Waals surface area contributed by atoms with Crippen molar-refractivity contribution in [2.75, 3.05) is 32.6 Å². The van der Waals surface area contributed by atoms with Crippen LogP contribution in [0.4, 0.5) is 4.79 Å². The number of carbonyl (C=O) groups is 4. The molecule has 1 aromatic heterocycles. The molecule has 2 atom stereocenters. The minimum Gasteiger partial charge on any atom is -0.464 e. The summed E-state index contributed by atoms with van der Waals surface area (Å²) in [5.41, 5.74) is 2.59. The first kappa shape index (κ1) is 38.6. The van der Waals surface area contributed by atoms with Gasteiger partial charge in [-0.2, -0.15) is 0 Å². The van der Waals surface area contributed by atoms with Crippen LogP contribution >= 0.6 is 23.2 Å². The highest BCUT2D eigenvalue weighted by Gasteiger charge is 2.31. The molecule has 0 radical (unpaired) electrons. The Kier molecular flexibility index (Phi) is 12.5. The standard InChI is InChI=1S/C36H36Cl2N2O11S/c1-4-47-14-15-49-36(44)51-21(2)50-35(43)29(17-22-6-5-7-26(16-22)52(3,45)46)39-33(41)31-28(37)18-25-20-40(12-10-27(25)32(31)38)34(42)24-9-8-23-11-13-48-30(23)19-24/h5-9,11,13,16,18-19,21,29H,4,10,12,14-15,17,20H2,1-3H3,(H,39,41)/t21?,29-/m0/s1. The molecule has 2 amide bonds. The molecule has 0 spiro atoms. The quantitative estimate of drug-likeness (QED) is 0.0996. The van der Waals surface area contributed by atoms with E-state index >= 15 is 0 Å². The largest absolute Gasteiger partial charge is 0.511 e. The van der Waals surface area contributed by atoms with Crippen molar-refractivity contribution in [3.05, 3.63) is 98.7 Å². The van der Waals surface area contributed by atoms with Crippen LogP contribution in [-0.4, -0.2) is 82.2 Å². The Balaban J connectivity index is 1.34. The number of furan rings is 1. The molecule has 3 aromatic carbocycles. The number of esters is 1. The van der Waals surface area contributed by atoms with Crippen molar-refractivity contribution in [1.82, 2.24) is 10.2 Å². The minimum atomic E-state index is -3.59. The van der Waals surface area contributed by atoms with Gasteiger partial charge in [0.1, 0.15) is 18.2 Å². The van der Waals surface area contributed by atoms with Gasteiger partial charge in [0.15, 0.2) is 9.84 Å². The van der Waals surface area contributed by atoms with E-state index in [1.54, 1.807) is 54.5 Å². The minimum absolute atomic E-state index is 0.00441. The molecule has 52 heavy (non-hydrogen) atoms. The Hall–Kier alpha value is -4.63. The highest BCUT2D eigenvalue weighted by Crippen LogP contribution is 2.35. The van der Waals surface area contributed by atoms with Crippen LogP contribution in [0.15, 0.2) is 70.2 Å². The third-order valence-corrected chi connectivity index (χ3v) is 10.00. The second kappa shape index (κ2) is 16.8. The van der Waals surface area contributed by atoms with Gasteiger partial charge >= 0.3 is 12.1 Å². The number of amides is 2. The summed E-state index contributed by atoms with van der Waals surface area (Å²) in [6.07, 6.45) is 0.181. The summed E-state index contributed by atoms with van der Waals surface area (Å²) in [7, 11) is -3.59. The van der Waals surface area contributed by atoms with Crippen molar-refractivity contribution in [2.45, 2.75) is 50.5 Å². The van der Waals surface area contributed by atoms with E-state index < -0.39 is 40.2 Å². The van der Waals surface area contributed by atoms with Crippen molar-refractivity contribution in [3.8, 4) is 0 Å². The fourth-order valence-electron chi connectivity index (χ4n) is 5.63. The molecule has 0 fully saturated rings. The van der Waals surface area contributed by atoms with E-state index in [0.29, 0.717) is 47.4 Å². The topological polar surface area (TPSA) is 168 Å². The predicted octanol–water partition coefficient (Wildman–Crippen LogP) is 5.76. The molecular formula is C36H36Cl2N2O11S. The van der Waals surface area contributed by atoms with Gasteiger partial charge in [-0.05, 0) is 66.4 Å². The molecule has 0 bridgehead atoms.